The van der Waals surface area contributed by atoms with E-state index in [9.17, 15) is 13.5 Å². The predicted octanol–water partition coefficient (Wildman–Crippen LogP) is 1.30. The fourth-order valence-corrected chi connectivity index (χ4v) is 2.82. The van der Waals surface area contributed by atoms with Crippen molar-refractivity contribution in [1.82, 2.24) is 0 Å². The molecule has 5 heteroatoms. The molecule has 2 atom stereocenters. The molecule has 0 aromatic heterocycles. The molecule has 1 aliphatic rings. The lowest BCUT2D eigenvalue weighted by Gasteiger charge is -2.35. The van der Waals surface area contributed by atoms with Crippen LogP contribution >= 0.6 is 0 Å². The Labute approximate surface area is 108 Å². The van der Waals surface area contributed by atoms with Gasteiger partial charge in [-0.3, -0.25) is 0 Å². The first-order valence-corrected chi connectivity index (χ1v) is 8.00. The Kier molecular flexibility index (Phi) is 3.64. The van der Waals surface area contributed by atoms with Crippen LogP contribution in [-0.2, 0) is 9.84 Å². The fraction of sp³-hybridized carbons (Fsp3) is 0.538. The molecule has 2 rings (SSSR count). The number of hydrogen-bond acceptors (Lipinski definition) is 4. The highest BCUT2D eigenvalue weighted by Gasteiger charge is 2.24. The molecule has 1 N–H and O–H groups in total. The van der Waals surface area contributed by atoms with Crippen molar-refractivity contribution in [2.45, 2.75) is 24.3 Å². The van der Waals surface area contributed by atoms with Gasteiger partial charge in [0.1, 0.15) is 0 Å². The smallest absolute Gasteiger partial charge is 0.175 e. The summed E-state index contributed by atoms with van der Waals surface area (Å²) in [5.41, 5.74) is 0.966. The van der Waals surface area contributed by atoms with Crippen molar-refractivity contribution in [2.75, 3.05) is 24.2 Å². The number of nitrogens with zero attached hydrogens (tertiary/aromatic N) is 1. The summed E-state index contributed by atoms with van der Waals surface area (Å²) in [6.07, 6.45) is 1.84. The average molecular weight is 269 g/mol. The van der Waals surface area contributed by atoms with Crippen LogP contribution in [0.15, 0.2) is 29.2 Å². The van der Waals surface area contributed by atoms with Crippen LogP contribution in [0.25, 0.3) is 0 Å². The van der Waals surface area contributed by atoms with Crippen molar-refractivity contribution in [3.05, 3.63) is 24.3 Å². The number of aliphatic hydroxyl groups excluding tert-OH is 1. The number of benzene rings is 1. The van der Waals surface area contributed by atoms with E-state index in [4.69, 9.17) is 0 Å². The maximum atomic E-state index is 11.4. The summed E-state index contributed by atoms with van der Waals surface area (Å²) >= 11 is 0. The largest absolute Gasteiger partial charge is 0.391 e. The van der Waals surface area contributed by atoms with Gasteiger partial charge in [-0.05, 0) is 36.6 Å². The van der Waals surface area contributed by atoms with E-state index in [1.165, 1.54) is 6.26 Å². The monoisotopic (exact) mass is 269 g/mol. The van der Waals surface area contributed by atoms with Crippen LogP contribution in [-0.4, -0.2) is 39.0 Å². The van der Waals surface area contributed by atoms with E-state index in [0.717, 1.165) is 18.7 Å². The van der Waals surface area contributed by atoms with Crippen LogP contribution < -0.4 is 4.90 Å². The SMILES string of the molecule is CC1CCN(c2ccc(S(C)(=O)=O)cc2)CC1O. The standard InChI is InChI=1S/C13H19NO3S/c1-10-7-8-14(9-13(10)15)11-3-5-12(6-4-11)18(2,16)17/h3-6,10,13,15H,7-9H2,1-2H3. The quantitative estimate of drug-likeness (QED) is 0.879. The summed E-state index contributed by atoms with van der Waals surface area (Å²) in [6.45, 7) is 3.56. The van der Waals surface area contributed by atoms with Crippen molar-refractivity contribution >= 4 is 15.5 Å². The minimum absolute atomic E-state index is 0.312. The normalized spacial score (nSPS) is 25.2. The Hall–Kier alpha value is -1.07. The molecule has 1 fully saturated rings. The molecule has 1 aliphatic heterocycles. The van der Waals surface area contributed by atoms with Gasteiger partial charge >= 0.3 is 0 Å². The first-order chi connectivity index (χ1) is 8.38. The van der Waals surface area contributed by atoms with Gasteiger partial charge in [-0.1, -0.05) is 6.92 Å². The second kappa shape index (κ2) is 4.90. The summed E-state index contributed by atoms with van der Waals surface area (Å²) < 4.78 is 22.7. The molecule has 4 nitrogen and oxygen atoms in total. The van der Waals surface area contributed by atoms with Gasteiger partial charge in [-0.2, -0.15) is 0 Å². The second-order valence-corrected chi connectivity index (χ2v) is 7.06. The van der Waals surface area contributed by atoms with E-state index in [-0.39, 0.29) is 6.10 Å². The Morgan fingerprint density at radius 1 is 1.28 bits per heavy atom. The Morgan fingerprint density at radius 2 is 1.89 bits per heavy atom. The highest BCUT2D eigenvalue weighted by Crippen LogP contribution is 2.24. The molecule has 18 heavy (non-hydrogen) atoms. The van der Waals surface area contributed by atoms with Crippen LogP contribution in [0.4, 0.5) is 5.69 Å². The molecule has 1 aromatic rings. The van der Waals surface area contributed by atoms with Gasteiger partial charge in [0.2, 0.25) is 0 Å². The van der Waals surface area contributed by atoms with Crippen LogP contribution in [0.5, 0.6) is 0 Å². The highest BCUT2D eigenvalue weighted by atomic mass is 32.2. The van der Waals surface area contributed by atoms with Crippen molar-refractivity contribution in [2.24, 2.45) is 5.92 Å². The van der Waals surface area contributed by atoms with Gasteiger partial charge in [-0.15, -0.1) is 0 Å². The molecule has 1 heterocycles. The van der Waals surface area contributed by atoms with Gasteiger partial charge in [-0.25, -0.2) is 8.42 Å². The van der Waals surface area contributed by atoms with Crippen LogP contribution in [0.1, 0.15) is 13.3 Å². The zero-order valence-corrected chi connectivity index (χ0v) is 11.5. The molecule has 100 valence electrons. The Bertz CT molecular complexity index is 510. The number of anilines is 1. The second-order valence-electron chi connectivity index (χ2n) is 5.05. The summed E-state index contributed by atoms with van der Waals surface area (Å²) in [7, 11) is -3.14. The average Bonchev–Trinajstić information content (AvgIpc) is 2.32. The minimum atomic E-state index is -3.14. The molecule has 0 spiro atoms. The number of hydrogen-bond donors (Lipinski definition) is 1. The maximum absolute atomic E-state index is 11.4. The lowest BCUT2D eigenvalue weighted by Crippen LogP contribution is -2.42. The van der Waals surface area contributed by atoms with Gasteiger partial charge in [0, 0.05) is 25.0 Å². The lowest BCUT2D eigenvalue weighted by molar-refractivity contribution is 0.103. The number of aliphatic hydroxyl groups is 1. The molecule has 0 aliphatic carbocycles. The predicted molar refractivity (Wildman–Crippen MR) is 71.6 cm³/mol. The van der Waals surface area contributed by atoms with E-state index >= 15 is 0 Å². The van der Waals surface area contributed by atoms with Crippen LogP contribution in [0.2, 0.25) is 0 Å². The molecule has 0 bridgehead atoms. The number of piperidine rings is 1. The van der Waals surface area contributed by atoms with Gasteiger partial charge < -0.3 is 10.0 Å². The molecule has 0 amide bonds. The number of β-amino-alcohol motifs (C(OH)–C–C–N with tert-alkyl or cyclic N) is 1. The molecule has 1 aromatic carbocycles. The van der Waals surface area contributed by atoms with Gasteiger partial charge in [0.25, 0.3) is 0 Å². The molecule has 0 radical (unpaired) electrons. The maximum Gasteiger partial charge on any atom is 0.175 e. The third kappa shape index (κ3) is 2.84. The fourth-order valence-electron chi connectivity index (χ4n) is 2.19. The topological polar surface area (TPSA) is 57.6 Å². The third-order valence-electron chi connectivity index (χ3n) is 3.55. The summed E-state index contributed by atoms with van der Waals surface area (Å²) in [5, 5.41) is 9.86. The van der Waals surface area contributed by atoms with E-state index < -0.39 is 9.84 Å². The summed E-state index contributed by atoms with van der Waals surface area (Å²) in [4.78, 5) is 2.42. The Balaban J connectivity index is 2.16. The van der Waals surface area contributed by atoms with Crippen molar-refractivity contribution < 1.29 is 13.5 Å². The molecular weight excluding hydrogens is 250 g/mol. The molecule has 1 saturated heterocycles. The van der Waals surface area contributed by atoms with Crippen LogP contribution in [0, 0.1) is 5.92 Å². The van der Waals surface area contributed by atoms with E-state index in [1.807, 2.05) is 0 Å². The highest BCUT2D eigenvalue weighted by molar-refractivity contribution is 7.90. The lowest BCUT2D eigenvalue weighted by atomic mass is 9.96. The zero-order chi connectivity index (χ0) is 13.3. The zero-order valence-electron chi connectivity index (χ0n) is 10.7. The van der Waals surface area contributed by atoms with Gasteiger partial charge in [0.15, 0.2) is 9.84 Å². The first-order valence-electron chi connectivity index (χ1n) is 6.11. The third-order valence-corrected chi connectivity index (χ3v) is 4.68. The van der Waals surface area contributed by atoms with E-state index in [1.54, 1.807) is 24.3 Å². The van der Waals surface area contributed by atoms with Crippen LogP contribution in [0.3, 0.4) is 0 Å². The Morgan fingerprint density at radius 3 is 2.39 bits per heavy atom. The summed E-state index contributed by atoms with van der Waals surface area (Å²) in [6, 6.07) is 6.85. The summed E-state index contributed by atoms with van der Waals surface area (Å²) in [5.74, 6) is 0.330. The van der Waals surface area contributed by atoms with Gasteiger partial charge in [0.05, 0.1) is 11.0 Å². The van der Waals surface area contributed by atoms with Crippen molar-refractivity contribution in [3.63, 3.8) is 0 Å². The molecule has 0 saturated carbocycles. The van der Waals surface area contributed by atoms with E-state index in [2.05, 4.69) is 11.8 Å². The molecular formula is C13H19NO3S. The van der Waals surface area contributed by atoms with Crippen molar-refractivity contribution in [1.29, 1.82) is 0 Å². The molecule has 2 unspecified atom stereocenters. The minimum Gasteiger partial charge on any atom is -0.391 e. The van der Waals surface area contributed by atoms with Crippen molar-refractivity contribution in [3.8, 4) is 0 Å². The first kappa shape index (κ1) is 13.4. The number of sulfone groups is 1. The van der Waals surface area contributed by atoms with E-state index in [0.29, 0.717) is 17.4 Å². The number of rotatable bonds is 2.